The Hall–Kier alpha value is -15.3. The van der Waals surface area contributed by atoms with Crippen LogP contribution >= 0.6 is 0 Å². The zero-order chi connectivity index (χ0) is 88.3. The zero-order valence-corrected chi connectivity index (χ0v) is 68.3. The van der Waals surface area contributed by atoms with E-state index >= 15 is 0 Å². The van der Waals surface area contributed by atoms with Gasteiger partial charge in [0.05, 0.1) is 55.8 Å². The summed E-state index contributed by atoms with van der Waals surface area (Å²) in [5.41, 5.74) is 8.61. The van der Waals surface area contributed by atoms with Crippen molar-refractivity contribution in [1.82, 2.24) is 61.6 Å². The number of piperidine rings is 2. The van der Waals surface area contributed by atoms with Gasteiger partial charge in [0.15, 0.2) is 12.4 Å². The van der Waals surface area contributed by atoms with Crippen LogP contribution in [0.3, 0.4) is 0 Å². The highest BCUT2D eigenvalue weighted by Gasteiger charge is 2.48. The summed E-state index contributed by atoms with van der Waals surface area (Å²) in [4.78, 5) is 204. The number of aromatic nitrogens is 4. The third-order valence-electron chi connectivity index (χ3n) is 20.2. The van der Waals surface area contributed by atoms with Crippen molar-refractivity contribution in [2.24, 2.45) is 0 Å². The van der Waals surface area contributed by atoms with Crippen LogP contribution in [0, 0.1) is 0 Å². The molecule has 4 aliphatic heterocycles. The molecule has 6 aromatic carbocycles. The van der Waals surface area contributed by atoms with Gasteiger partial charge < -0.3 is 51.2 Å². The molecule has 12 amide bonds. The number of amides is 12. The van der Waals surface area contributed by atoms with Crippen LogP contribution in [0.25, 0.3) is 44.1 Å². The molecular formula is C91H88N14O19. The number of fused-ring (bicyclic) bond motifs is 4. The first-order valence-corrected chi connectivity index (χ1v) is 40.0. The second kappa shape index (κ2) is 40.2. The van der Waals surface area contributed by atoms with Crippen molar-refractivity contribution in [3.05, 3.63) is 227 Å². The van der Waals surface area contributed by atoms with Crippen molar-refractivity contribution in [2.75, 3.05) is 51.0 Å². The van der Waals surface area contributed by atoms with Gasteiger partial charge in [-0.05, 0) is 155 Å². The van der Waals surface area contributed by atoms with Gasteiger partial charge in [-0.1, -0.05) is 85.6 Å². The number of carbonyl (C=O) groups is 15. The molecule has 9 N–H and O–H groups in total. The Morgan fingerprint density at radius 1 is 0.460 bits per heavy atom. The molecule has 4 aromatic heterocycles. The number of hydrogen-bond acceptors (Lipinski definition) is 24. The molecular weight excluding hydrogens is 1590 g/mol. The number of carbonyl (C=O) groups excluding carboxylic acids is 14. The Morgan fingerprint density at radius 3 is 1.29 bits per heavy atom. The molecule has 2 unspecified atom stereocenters. The number of rotatable bonds is 30. The van der Waals surface area contributed by atoms with E-state index in [0.717, 1.165) is 72.6 Å². The molecule has 14 rings (SSSR count). The number of hydrogen-bond donors (Lipinski definition) is 9. The Morgan fingerprint density at radius 2 is 0.887 bits per heavy atom. The summed E-state index contributed by atoms with van der Waals surface area (Å²) < 4.78 is 16.0. The summed E-state index contributed by atoms with van der Waals surface area (Å²) in [6.07, 6.45) is 11.2. The number of pyridine rings is 4. The zero-order valence-electron chi connectivity index (χ0n) is 68.3. The van der Waals surface area contributed by atoms with Crippen molar-refractivity contribution in [3.63, 3.8) is 0 Å². The minimum absolute atomic E-state index is 0.00590. The van der Waals surface area contributed by atoms with E-state index in [9.17, 15) is 71.9 Å². The normalized spacial score (nSPS) is 14.6. The van der Waals surface area contributed by atoms with Crippen LogP contribution in [0.5, 0.6) is 11.5 Å². The van der Waals surface area contributed by atoms with Gasteiger partial charge in [-0.25, -0.2) is 4.79 Å². The van der Waals surface area contributed by atoms with E-state index in [4.69, 9.17) is 19.3 Å². The van der Waals surface area contributed by atoms with E-state index in [0.29, 0.717) is 78.9 Å². The molecule has 4 aliphatic rings. The molecule has 0 bridgehead atoms. The number of esters is 1. The molecule has 2 saturated heterocycles. The van der Waals surface area contributed by atoms with Crippen LogP contribution in [0.15, 0.2) is 183 Å². The molecule has 636 valence electrons. The predicted octanol–water partition coefficient (Wildman–Crippen LogP) is 10.3. The van der Waals surface area contributed by atoms with Crippen LogP contribution in [0.1, 0.15) is 181 Å². The Balaban J connectivity index is 0.000000185. The van der Waals surface area contributed by atoms with Crippen molar-refractivity contribution >= 4 is 133 Å². The Bertz CT molecular complexity index is 5840. The first-order valence-electron chi connectivity index (χ1n) is 40.0. The smallest absolute Gasteiger partial charge is 0.341 e. The van der Waals surface area contributed by atoms with Crippen LogP contribution < -0.4 is 52.0 Å². The summed E-state index contributed by atoms with van der Waals surface area (Å²) in [6.45, 7) is 5.45. The lowest BCUT2D eigenvalue weighted by Gasteiger charge is -2.27. The lowest BCUT2D eigenvalue weighted by Crippen LogP contribution is -2.54. The molecule has 10 aromatic rings. The second-order valence-corrected chi connectivity index (χ2v) is 30.0. The number of aliphatic carboxylic acids is 1. The standard InChI is InChI=1S/C43H39N7O8.C33H37N5O4.C15H12N2O7/c1-44-39(53)31-23-47-32-16-14-25(21-30(32)38(31)48-27-9-4-2-5-10-27)26-15-17-33(46-22-26)40(54)45-20-7-3-6-11-28(51)24-58-35-13-8-12-29-37(35)43(57)50(42(29)56)34-18-19-36(52)49-41(34)55;1-33(2,3)42-29(39)13-9-6-10-18-35-32(41)28-17-15-23(20-36-28)22-14-16-27-25(19-22)30(26(21-37-27)31(40)34-4)38-24-11-7-5-8-12-24;18-10-5-4-8(13(21)16-10)17-14(22)7-2-1-3-9(12(7)15(17)23)24-6-11(19)20/h2,4-5,8-10,12-17,21-23,34H,3,6-7,11,18-20,24H2,1H3,(H,44,53)(H,45,54)(H,47,48)(H,49,52,55);5,7-8,11-12,14-17,19-21H,6,9-10,13,18H2,1-4H3,(H,34,40)(H,35,41)(H,37,38);1-3,8H,4-6H2,(H,19,20)(H,16,18,21). The highest BCUT2D eigenvalue weighted by Crippen LogP contribution is 2.39. The SMILES string of the molecule is CNC(=O)c1cnc2ccc(-c3ccc(C(=O)NCCCCCC(=O)COc4cccc5c4C(=O)N(C4CCC(=O)NC4=O)C5=O)nc3)cc2c1Nc1ccccc1.CNC(=O)c1cnc2ccc(-c3ccc(C(=O)NCCCCCC(=O)OC(C)(C)C)nc3)cc2c1Nc1ccccc1.O=C(O)COc1cccc2c1C(=O)N(C1CCC(=O)NC1=O)C2=O. The van der Waals surface area contributed by atoms with Gasteiger partial charge >= 0.3 is 11.9 Å². The van der Waals surface area contributed by atoms with Gasteiger partial charge in [0, 0.05) is 111 Å². The summed E-state index contributed by atoms with van der Waals surface area (Å²) in [5.74, 6) is -7.84. The highest BCUT2D eigenvalue weighted by molar-refractivity contribution is 6.26. The number of nitrogens with one attached hydrogen (secondary N) is 8. The second-order valence-electron chi connectivity index (χ2n) is 30.0. The van der Waals surface area contributed by atoms with E-state index in [-0.39, 0.29) is 114 Å². The van der Waals surface area contributed by atoms with Gasteiger partial charge in [0.2, 0.25) is 23.6 Å². The number of carboxylic acid groups (broad SMARTS) is 1. The van der Waals surface area contributed by atoms with Crippen LogP contribution in [-0.4, -0.2) is 182 Å². The number of benzene rings is 6. The first-order chi connectivity index (χ1) is 59.7. The number of carboxylic acids is 1. The Kier molecular flexibility index (Phi) is 28.5. The van der Waals surface area contributed by atoms with E-state index in [1.54, 1.807) is 51.0 Å². The molecule has 33 nitrogen and oxygen atoms in total. The van der Waals surface area contributed by atoms with E-state index in [2.05, 4.69) is 62.5 Å². The number of anilines is 4. The van der Waals surface area contributed by atoms with Crippen LogP contribution in [-0.2, 0) is 38.3 Å². The summed E-state index contributed by atoms with van der Waals surface area (Å²) in [6, 6.07) is 44.2. The topological polar surface area (TPSA) is 458 Å². The molecule has 33 heteroatoms. The summed E-state index contributed by atoms with van der Waals surface area (Å²) in [5, 5.41) is 32.3. The molecule has 0 aliphatic carbocycles. The van der Waals surface area contributed by atoms with Crippen LogP contribution in [0.2, 0.25) is 0 Å². The summed E-state index contributed by atoms with van der Waals surface area (Å²) in [7, 11) is 3.16. The fourth-order valence-electron chi connectivity index (χ4n) is 14.1. The fraction of sp³-hybridized carbons (Fsp3) is 0.264. The van der Waals surface area contributed by atoms with Crippen molar-refractivity contribution in [2.45, 2.75) is 116 Å². The largest absolute Gasteiger partial charge is 0.485 e. The third kappa shape index (κ3) is 21.5. The van der Waals surface area contributed by atoms with Crippen molar-refractivity contribution in [1.29, 1.82) is 0 Å². The molecule has 2 atom stereocenters. The number of ketones is 1. The number of para-hydroxylation sites is 2. The van der Waals surface area contributed by atoms with Crippen LogP contribution in [0.4, 0.5) is 22.7 Å². The maximum atomic E-state index is 13.2. The lowest BCUT2D eigenvalue weighted by atomic mass is 10.0. The average molecular weight is 1680 g/mol. The quantitative estimate of drug-likeness (QED) is 0.0115. The monoisotopic (exact) mass is 1680 g/mol. The Labute approximate surface area is 710 Å². The predicted molar refractivity (Wildman–Crippen MR) is 453 cm³/mol. The van der Waals surface area contributed by atoms with Gasteiger partial charge in [-0.3, -0.25) is 107 Å². The number of imide groups is 4. The molecule has 2 fully saturated rings. The number of unbranched alkanes of at least 4 members (excludes halogenated alkanes) is 4. The average Bonchev–Trinajstić information content (AvgIpc) is 1.60. The van der Waals surface area contributed by atoms with E-state index in [1.807, 2.05) is 130 Å². The van der Waals surface area contributed by atoms with Gasteiger partial charge in [0.1, 0.15) is 47.2 Å². The molecule has 0 radical (unpaired) electrons. The van der Waals surface area contributed by atoms with Crippen molar-refractivity contribution < 1.29 is 91.2 Å². The molecule has 0 spiro atoms. The van der Waals surface area contributed by atoms with Crippen molar-refractivity contribution in [3.8, 4) is 33.8 Å². The molecule has 0 saturated carbocycles. The highest BCUT2D eigenvalue weighted by atomic mass is 16.6. The maximum Gasteiger partial charge on any atom is 0.341 e. The number of ether oxygens (including phenoxy) is 3. The van der Waals surface area contributed by atoms with E-state index < -0.39 is 77.5 Å². The fourth-order valence-corrected chi connectivity index (χ4v) is 14.1. The minimum atomic E-state index is -1.23. The number of nitrogens with zero attached hydrogens (tertiary/aromatic N) is 6. The maximum absolute atomic E-state index is 13.2. The molecule has 8 heterocycles. The third-order valence-corrected chi connectivity index (χ3v) is 20.2. The van der Waals surface area contributed by atoms with Gasteiger partial charge in [-0.2, -0.15) is 0 Å². The lowest BCUT2D eigenvalue weighted by molar-refractivity contribution is -0.155. The summed E-state index contributed by atoms with van der Waals surface area (Å²) >= 11 is 0. The molecule has 124 heavy (non-hydrogen) atoms. The minimum Gasteiger partial charge on any atom is -0.485 e. The van der Waals surface area contributed by atoms with Gasteiger partial charge in [0.25, 0.3) is 47.3 Å². The first kappa shape index (κ1) is 88.0. The number of Topliss-reactive ketones (excluding diaryl/α,β-unsaturated/α-hetero) is 1. The van der Waals surface area contributed by atoms with Gasteiger partial charge in [-0.15, -0.1) is 0 Å². The van der Waals surface area contributed by atoms with E-state index in [1.165, 1.54) is 36.4 Å².